The van der Waals surface area contributed by atoms with Gasteiger partial charge in [-0.25, -0.2) is 9.07 Å². The van der Waals surface area contributed by atoms with E-state index in [0.29, 0.717) is 40.0 Å². The number of amides is 1. The quantitative estimate of drug-likeness (QED) is 0.433. The van der Waals surface area contributed by atoms with Crippen LogP contribution in [0.3, 0.4) is 0 Å². The van der Waals surface area contributed by atoms with Gasteiger partial charge in [-0.2, -0.15) is 4.98 Å². The van der Waals surface area contributed by atoms with Crippen LogP contribution in [0.5, 0.6) is 5.75 Å². The van der Waals surface area contributed by atoms with Crippen LogP contribution in [0.15, 0.2) is 77.3 Å². The Labute approximate surface area is 193 Å². The summed E-state index contributed by atoms with van der Waals surface area (Å²) in [5, 5.41) is 12.8. The highest BCUT2D eigenvalue weighted by Gasteiger charge is 2.35. The van der Waals surface area contributed by atoms with E-state index in [9.17, 15) is 9.18 Å². The van der Waals surface area contributed by atoms with Crippen molar-refractivity contribution in [1.29, 1.82) is 0 Å². The third-order valence-electron chi connectivity index (χ3n) is 5.37. The van der Waals surface area contributed by atoms with Gasteiger partial charge in [0.15, 0.2) is 5.82 Å². The van der Waals surface area contributed by atoms with Crippen LogP contribution in [0.4, 0.5) is 16.0 Å². The first kappa shape index (κ1) is 20.9. The predicted molar refractivity (Wildman–Crippen MR) is 126 cm³/mol. The molecule has 9 heteroatoms. The molecule has 1 amide bonds. The van der Waals surface area contributed by atoms with Gasteiger partial charge in [-0.15, -0.1) is 16.4 Å². The van der Waals surface area contributed by atoms with E-state index in [0.717, 1.165) is 4.88 Å². The molecule has 1 aliphatic heterocycles. The van der Waals surface area contributed by atoms with E-state index in [1.165, 1.54) is 23.5 Å². The number of para-hydroxylation sites is 2. The Kier molecular flexibility index (Phi) is 5.39. The molecule has 1 aliphatic rings. The molecule has 0 radical (unpaired) electrons. The molecule has 1 atom stereocenters. The first-order chi connectivity index (χ1) is 16.0. The van der Waals surface area contributed by atoms with E-state index < -0.39 is 6.04 Å². The number of carbonyl (C=O) groups excluding carboxylic acids is 1. The molecule has 0 aliphatic carbocycles. The smallest absolute Gasteiger partial charge is 0.256 e. The number of nitrogens with one attached hydrogen (secondary N) is 2. The van der Waals surface area contributed by atoms with Crippen LogP contribution in [0.2, 0.25) is 0 Å². The molecule has 5 rings (SSSR count). The van der Waals surface area contributed by atoms with Crippen molar-refractivity contribution in [2.45, 2.75) is 13.0 Å². The van der Waals surface area contributed by atoms with Gasteiger partial charge in [-0.3, -0.25) is 4.79 Å². The number of benzene rings is 2. The first-order valence-corrected chi connectivity index (χ1v) is 11.1. The maximum atomic E-state index is 13.5. The highest BCUT2D eigenvalue weighted by Crippen LogP contribution is 2.39. The van der Waals surface area contributed by atoms with Crippen LogP contribution in [-0.2, 0) is 4.79 Å². The zero-order chi connectivity index (χ0) is 22.9. The number of ether oxygens (including phenoxy) is 1. The second-order valence-corrected chi connectivity index (χ2v) is 8.43. The lowest BCUT2D eigenvalue weighted by Gasteiger charge is -2.27. The van der Waals surface area contributed by atoms with Gasteiger partial charge < -0.3 is 15.4 Å². The molecule has 0 bridgehead atoms. The molecule has 2 N–H and O–H groups in total. The van der Waals surface area contributed by atoms with Crippen molar-refractivity contribution >= 4 is 28.9 Å². The molecule has 33 heavy (non-hydrogen) atoms. The lowest BCUT2D eigenvalue weighted by atomic mass is 10.0. The minimum atomic E-state index is -0.474. The number of nitrogens with zero attached hydrogens (tertiary/aromatic N) is 3. The summed E-state index contributed by atoms with van der Waals surface area (Å²) in [5.74, 6) is 0.926. The van der Waals surface area contributed by atoms with E-state index in [2.05, 4.69) is 20.7 Å². The highest BCUT2D eigenvalue weighted by molar-refractivity contribution is 7.10. The van der Waals surface area contributed by atoms with Crippen LogP contribution in [0.1, 0.15) is 17.8 Å². The molecule has 0 fully saturated rings. The Bertz CT molecular complexity index is 1350. The second-order valence-electron chi connectivity index (χ2n) is 7.45. The first-order valence-electron chi connectivity index (χ1n) is 10.2. The standard InChI is InChI=1S/C24H20FN5O2S/c1-14-20(23(31)27-17-6-3-4-7-18(17)32-2)21(19-8-5-13-33-19)30-24(26-14)28-22(29-30)15-9-11-16(25)12-10-15/h3-13,21H,1-2H3,(H,27,31)(H,26,28,29)/t21-/m0/s1. The van der Waals surface area contributed by atoms with Crippen LogP contribution < -0.4 is 15.4 Å². The number of fused-ring (bicyclic) bond motifs is 1. The van der Waals surface area contributed by atoms with E-state index in [4.69, 9.17) is 4.74 Å². The number of anilines is 2. The summed E-state index contributed by atoms with van der Waals surface area (Å²) in [6, 6.07) is 16.7. The summed E-state index contributed by atoms with van der Waals surface area (Å²) in [4.78, 5) is 19.1. The Morgan fingerprint density at radius 3 is 2.67 bits per heavy atom. The lowest BCUT2D eigenvalue weighted by Crippen LogP contribution is -2.31. The molecule has 3 heterocycles. The van der Waals surface area contributed by atoms with Crippen molar-refractivity contribution in [3.05, 3.63) is 88.0 Å². The summed E-state index contributed by atoms with van der Waals surface area (Å²) in [6.45, 7) is 1.84. The largest absolute Gasteiger partial charge is 0.495 e. The molecule has 2 aromatic heterocycles. The summed E-state index contributed by atoms with van der Waals surface area (Å²) >= 11 is 1.53. The monoisotopic (exact) mass is 461 g/mol. The zero-order valence-corrected chi connectivity index (χ0v) is 18.7. The number of allylic oxidation sites excluding steroid dienone is 1. The van der Waals surface area contributed by atoms with Crippen molar-refractivity contribution in [2.75, 3.05) is 17.7 Å². The van der Waals surface area contributed by atoms with Gasteiger partial charge >= 0.3 is 0 Å². The van der Waals surface area contributed by atoms with Crippen LogP contribution in [-0.4, -0.2) is 27.8 Å². The molecule has 7 nitrogen and oxygen atoms in total. The number of aromatic nitrogens is 3. The molecular weight excluding hydrogens is 441 g/mol. The van der Waals surface area contributed by atoms with Crippen LogP contribution >= 0.6 is 11.3 Å². The fourth-order valence-electron chi connectivity index (χ4n) is 3.81. The maximum Gasteiger partial charge on any atom is 0.256 e. The summed E-state index contributed by atoms with van der Waals surface area (Å²) in [7, 11) is 1.56. The SMILES string of the molecule is COc1ccccc1NC(=O)C1=C(C)Nc2nc(-c3ccc(F)cc3)nn2[C@H]1c1cccs1. The van der Waals surface area contributed by atoms with E-state index in [-0.39, 0.29) is 11.7 Å². The molecular formula is C24H20FN5O2S. The minimum absolute atomic E-state index is 0.271. The molecule has 0 spiro atoms. The Morgan fingerprint density at radius 1 is 1.15 bits per heavy atom. The maximum absolute atomic E-state index is 13.5. The number of thiophene rings is 1. The van der Waals surface area contributed by atoms with E-state index >= 15 is 0 Å². The number of hydrogen-bond acceptors (Lipinski definition) is 6. The average Bonchev–Trinajstić information content (AvgIpc) is 3.49. The van der Waals surface area contributed by atoms with Gasteiger partial charge in [-0.1, -0.05) is 18.2 Å². The highest BCUT2D eigenvalue weighted by atomic mass is 32.1. The van der Waals surface area contributed by atoms with E-state index in [1.54, 1.807) is 36.1 Å². The topological polar surface area (TPSA) is 81.1 Å². The third-order valence-corrected chi connectivity index (χ3v) is 6.29. The molecule has 2 aromatic carbocycles. The molecule has 4 aromatic rings. The lowest BCUT2D eigenvalue weighted by molar-refractivity contribution is -0.113. The predicted octanol–water partition coefficient (Wildman–Crippen LogP) is 5.08. The molecule has 166 valence electrons. The van der Waals surface area contributed by atoms with Gasteiger partial charge in [0.2, 0.25) is 5.95 Å². The van der Waals surface area contributed by atoms with Crippen molar-refractivity contribution in [3.63, 3.8) is 0 Å². The van der Waals surface area contributed by atoms with Gasteiger partial charge in [0.1, 0.15) is 17.6 Å². The van der Waals surface area contributed by atoms with Gasteiger partial charge in [0, 0.05) is 16.1 Å². The van der Waals surface area contributed by atoms with Crippen LogP contribution in [0.25, 0.3) is 11.4 Å². The van der Waals surface area contributed by atoms with Crippen molar-refractivity contribution in [3.8, 4) is 17.1 Å². The van der Waals surface area contributed by atoms with Crippen molar-refractivity contribution in [1.82, 2.24) is 14.8 Å². The minimum Gasteiger partial charge on any atom is -0.495 e. The summed E-state index contributed by atoms with van der Waals surface area (Å²) in [5.41, 5.74) is 2.45. The Balaban J connectivity index is 1.56. The van der Waals surface area contributed by atoms with Gasteiger partial charge in [-0.05, 0) is 54.8 Å². The molecule has 0 saturated heterocycles. The van der Waals surface area contributed by atoms with Gasteiger partial charge in [0.05, 0.1) is 18.4 Å². The second kappa shape index (κ2) is 8.51. The number of halogens is 1. The van der Waals surface area contributed by atoms with Gasteiger partial charge in [0.25, 0.3) is 5.91 Å². The van der Waals surface area contributed by atoms with Crippen LogP contribution in [0, 0.1) is 5.82 Å². The van der Waals surface area contributed by atoms with Crippen molar-refractivity contribution < 1.29 is 13.9 Å². The number of carbonyl (C=O) groups is 1. The number of hydrogen-bond donors (Lipinski definition) is 2. The molecule has 0 unspecified atom stereocenters. The third kappa shape index (κ3) is 3.87. The number of methoxy groups -OCH3 is 1. The van der Waals surface area contributed by atoms with Crippen molar-refractivity contribution in [2.24, 2.45) is 0 Å². The summed E-state index contributed by atoms with van der Waals surface area (Å²) < 4.78 is 20.5. The summed E-state index contributed by atoms with van der Waals surface area (Å²) in [6.07, 6.45) is 0. The number of rotatable bonds is 5. The fraction of sp³-hybridized carbons (Fsp3) is 0.125. The Morgan fingerprint density at radius 2 is 1.94 bits per heavy atom. The zero-order valence-electron chi connectivity index (χ0n) is 17.9. The molecule has 0 saturated carbocycles. The fourth-order valence-corrected chi connectivity index (χ4v) is 4.63. The van der Waals surface area contributed by atoms with E-state index in [1.807, 2.05) is 36.6 Å². The normalized spacial score (nSPS) is 15.1. The Hall–Kier alpha value is -3.98. The average molecular weight is 462 g/mol.